The Kier molecular flexibility index (Phi) is 11.9. The SMILES string of the molecule is CC(CCCC(CO)(CO)CCCC(C)C1CCC2C3CCC4CC(O)CCC4(C)C3CCC12C)C1CCC2C3CCC4CC(O)CCC4(C)C3CCC12C. The van der Waals surface area contributed by atoms with Crippen molar-refractivity contribution in [2.75, 3.05) is 13.2 Å². The maximum atomic E-state index is 10.8. The molecular formula is C51H88O4. The standard InChI is InChI=1S/C51H88O4/c1-33(41-15-17-43-39-13-11-35-29-37(54)19-25-47(35,3)45(39)21-27-49(41,43)5)9-7-23-51(31-52,32-53)24-8-10-34(2)42-16-18-44-40-14-12-36-30-38(55)20-26-48(36,4)46(40)22-28-50(42,44)6/h33-46,52-55H,7-32H2,1-6H3. The minimum atomic E-state index is -0.330. The molecule has 0 aromatic rings. The third-order valence-corrected chi connectivity index (χ3v) is 22.2. The summed E-state index contributed by atoms with van der Waals surface area (Å²) in [5.74, 6) is 9.86. The lowest BCUT2D eigenvalue weighted by atomic mass is 9.44. The van der Waals surface area contributed by atoms with Gasteiger partial charge in [0.25, 0.3) is 0 Å². The molecule has 18 unspecified atom stereocenters. The summed E-state index contributed by atoms with van der Waals surface area (Å²) in [6, 6.07) is 0. The van der Waals surface area contributed by atoms with Gasteiger partial charge in [-0.1, -0.05) is 67.2 Å². The molecule has 18 atom stereocenters. The van der Waals surface area contributed by atoms with Gasteiger partial charge in [0, 0.05) is 5.41 Å². The van der Waals surface area contributed by atoms with E-state index in [0.29, 0.717) is 33.5 Å². The fraction of sp³-hybridized carbons (Fsp3) is 1.00. The van der Waals surface area contributed by atoms with Gasteiger partial charge in [-0.15, -0.1) is 0 Å². The van der Waals surface area contributed by atoms with Crippen molar-refractivity contribution >= 4 is 0 Å². The monoisotopic (exact) mass is 765 g/mol. The van der Waals surface area contributed by atoms with Crippen LogP contribution in [0.25, 0.3) is 0 Å². The first-order valence-corrected chi connectivity index (χ1v) is 24.8. The van der Waals surface area contributed by atoms with Gasteiger partial charge >= 0.3 is 0 Å². The van der Waals surface area contributed by atoms with E-state index >= 15 is 0 Å². The van der Waals surface area contributed by atoms with Crippen molar-refractivity contribution in [2.24, 2.45) is 98.1 Å². The molecule has 4 heteroatoms. The quantitative estimate of drug-likeness (QED) is 0.160. The Bertz CT molecular complexity index is 1220. The molecule has 55 heavy (non-hydrogen) atoms. The van der Waals surface area contributed by atoms with Crippen LogP contribution < -0.4 is 0 Å². The molecule has 8 aliphatic rings. The zero-order chi connectivity index (χ0) is 39.0. The summed E-state index contributed by atoms with van der Waals surface area (Å²) in [5.41, 5.74) is 1.54. The molecule has 4 nitrogen and oxygen atoms in total. The molecule has 0 radical (unpaired) electrons. The van der Waals surface area contributed by atoms with Crippen molar-refractivity contribution < 1.29 is 20.4 Å². The fourth-order valence-electron chi connectivity index (χ4n) is 18.9. The van der Waals surface area contributed by atoms with Crippen molar-refractivity contribution in [1.82, 2.24) is 0 Å². The molecule has 8 rings (SSSR count). The average molecular weight is 765 g/mol. The van der Waals surface area contributed by atoms with Crippen LogP contribution in [0.4, 0.5) is 0 Å². The zero-order valence-corrected chi connectivity index (χ0v) is 36.8. The van der Waals surface area contributed by atoms with Crippen LogP contribution in [0.3, 0.4) is 0 Å². The van der Waals surface area contributed by atoms with Gasteiger partial charge in [0.15, 0.2) is 0 Å². The number of hydrogen-bond donors (Lipinski definition) is 4. The second-order valence-electron chi connectivity index (χ2n) is 24.2. The minimum absolute atomic E-state index is 0.0548. The van der Waals surface area contributed by atoms with Crippen molar-refractivity contribution in [3.05, 3.63) is 0 Å². The molecule has 0 saturated heterocycles. The summed E-state index contributed by atoms with van der Waals surface area (Å²) in [6.07, 6.45) is 30.0. The van der Waals surface area contributed by atoms with Crippen molar-refractivity contribution in [2.45, 2.75) is 208 Å². The molecule has 0 aromatic carbocycles. The number of hydrogen-bond acceptors (Lipinski definition) is 4. The second-order valence-corrected chi connectivity index (χ2v) is 24.2. The minimum Gasteiger partial charge on any atom is -0.396 e. The number of aliphatic hydroxyl groups is 4. The predicted octanol–water partition coefficient (Wildman–Crippen LogP) is 11.6. The summed E-state index contributed by atoms with van der Waals surface area (Å²) in [7, 11) is 0. The van der Waals surface area contributed by atoms with Gasteiger partial charge in [-0.05, 0) is 221 Å². The summed E-state index contributed by atoms with van der Waals surface area (Å²) < 4.78 is 0. The van der Waals surface area contributed by atoms with Crippen LogP contribution in [0, 0.1) is 98.1 Å². The van der Waals surface area contributed by atoms with Crippen molar-refractivity contribution in [3.63, 3.8) is 0 Å². The molecule has 4 N–H and O–H groups in total. The van der Waals surface area contributed by atoms with E-state index < -0.39 is 0 Å². The van der Waals surface area contributed by atoms with Crippen molar-refractivity contribution in [1.29, 1.82) is 0 Å². The Morgan fingerprint density at radius 1 is 0.491 bits per heavy atom. The first kappa shape index (κ1) is 41.6. The second kappa shape index (κ2) is 15.7. The molecule has 0 heterocycles. The van der Waals surface area contributed by atoms with Crippen molar-refractivity contribution in [3.8, 4) is 0 Å². The van der Waals surface area contributed by atoms with E-state index in [1.807, 2.05) is 0 Å². The Hall–Kier alpha value is -0.160. The maximum Gasteiger partial charge on any atom is 0.0543 e. The Balaban J connectivity index is 0.820. The highest BCUT2D eigenvalue weighted by atomic mass is 16.3. The Labute approximate surface area is 338 Å². The van der Waals surface area contributed by atoms with Crippen LogP contribution in [-0.2, 0) is 0 Å². The molecule has 8 saturated carbocycles. The van der Waals surface area contributed by atoms with Crippen LogP contribution in [0.15, 0.2) is 0 Å². The van der Waals surface area contributed by atoms with Gasteiger partial charge in [0.1, 0.15) is 0 Å². The third-order valence-electron chi connectivity index (χ3n) is 22.2. The fourth-order valence-corrected chi connectivity index (χ4v) is 18.9. The van der Waals surface area contributed by atoms with E-state index in [9.17, 15) is 20.4 Å². The number of fused-ring (bicyclic) bond motifs is 10. The smallest absolute Gasteiger partial charge is 0.0543 e. The van der Waals surface area contributed by atoms with E-state index in [2.05, 4.69) is 41.5 Å². The van der Waals surface area contributed by atoms with E-state index in [4.69, 9.17) is 0 Å². The summed E-state index contributed by atoms with van der Waals surface area (Å²) >= 11 is 0. The summed E-state index contributed by atoms with van der Waals surface area (Å²) in [4.78, 5) is 0. The molecule has 0 aliphatic heterocycles. The first-order chi connectivity index (χ1) is 26.2. The van der Waals surface area contributed by atoms with Gasteiger partial charge in [-0.25, -0.2) is 0 Å². The van der Waals surface area contributed by atoms with Gasteiger partial charge in [0.2, 0.25) is 0 Å². The highest BCUT2D eigenvalue weighted by Crippen LogP contribution is 2.70. The third kappa shape index (κ3) is 6.99. The predicted molar refractivity (Wildman–Crippen MR) is 225 cm³/mol. The number of rotatable bonds is 12. The molecule has 0 spiro atoms. The van der Waals surface area contributed by atoms with Crippen LogP contribution in [-0.4, -0.2) is 45.8 Å². The molecule has 8 fully saturated rings. The van der Waals surface area contributed by atoms with Crippen LogP contribution in [0.5, 0.6) is 0 Å². The summed E-state index contributed by atoms with van der Waals surface area (Å²) in [6.45, 7) is 16.0. The molecule has 0 bridgehead atoms. The highest BCUT2D eigenvalue weighted by molar-refractivity contribution is 5.11. The first-order valence-electron chi connectivity index (χ1n) is 24.8. The van der Waals surface area contributed by atoms with E-state index in [1.54, 1.807) is 0 Å². The van der Waals surface area contributed by atoms with Crippen LogP contribution >= 0.6 is 0 Å². The van der Waals surface area contributed by atoms with E-state index in [-0.39, 0.29) is 30.8 Å². The van der Waals surface area contributed by atoms with Crippen LogP contribution in [0.2, 0.25) is 0 Å². The van der Waals surface area contributed by atoms with Gasteiger partial charge in [0.05, 0.1) is 25.4 Å². The maximum absolute atomic E-state index is 10.8. The number of aliphatic hydroxyl groups excluding tert-OH is 4. The summed E-state index contributed by atoms with van der Waals surface area (Å²) in [5, 5.41) is 42.5. The topological polar surface area (TPSA) is 80.9 Å². The molecule has 8 aliphatic carbocycles. The van der Waals surface area contributed by atoms with E-state index in [0.717, 1.165) is 111 Å². The lowest BCUT2D eigenvalue weighted by Gasteiger charge is -2.61. The van der Waals surface area contributed by atoms with E-state index in [1.165, 1.54) is 103 Å². The Morgan fingerprint density at radius 2 is 0.873 bits per heavy atom. The zero-order valence-electron chi connectivity index (χ0n) is 36.8. The van der Waals surface area contributed by atoms with Gasteiger partial charge < -0.3 is 20.4 Å². The molecule has 316 valence electrons. The molecule has 0 amide bonds. The largest absolute Gasteiger partial charge is 0.396 e. The normalized spacial score (nSPS) is 50.5. The molecular weight excluding hydrogens is 677 g/mol. The Morgan fingerprint density at radius 3 is 1.27 bits per heavy atom. The lowest BCUT2D eigenvalue weighted by molar-refractivity contribution is -0.129. The average Bonchev–Trinajstić information content (AvgIpc) is 3.71. The lowest BCUT2D eigenvalue weighted by Crippen LogP contribution is -2.54. The van der Waals surface area contributed by atoms with Gasteiger partial charge in [-0.2, -0.15) is 0 Å². The van der Waals surface area contributed by atoms with Gasteiger partial charge in [-0.3, -0.25) is 0 Å². The highest BCUT2D eigenvalue weighted by Gasteiger charge is 2.62. The molecule has 0 aromatic heterocycles. The van der Waals surface area contributed by atoms with Crippen LogP contribution in [0.1, 0.15) is 196 Å².